The summed E-state index contributed by atoms with van der Waals surface area (Å²) in [5.41, 5.74) is -0.160. The van der Waals surface area contributed by atoms with Crippen LogP contribution < -0.4 is 4.74 Å². The number of hydrogen-bond acceptors (Lipinski definition) is 7. The SMILES string of the molecule is COC(=O)[C@@H]1C(=O)N(C2CN(C(=O)OC(C)(C)C)C2)C[C@H]1c1c(OCOCC[Si](C)(C)C)ccc(Cl)c1Cl. The van der Waals surface area contributed by atoms with Crippen LogP contribution in [0.5, 0.6) is 5.75 Å². The van der Waals surface area contributed by atoms with Crippen molar-refractivity contribution in [2.75, 3.05) is 40.1 Å². The molecule has 2 aliphatic rings. The highest BCUT2D eigenvalue weighted by Gasteiger charge is 2.52. The molecule has 0 radical (unpaired) electrons. The Morgan fingerprint density at radius 2 is 1.76 bits per heavy atom. The largest absolute Gasteiger partial charge is 0.468 e. The molecule has 2 fully saturated rings. The molecule has 3 rings (SSSR count). The summed E-state index contributed by atoms with van der Waals surface area (Å²) in [6, 6.07) is 4.00. The maximum atomic E-state index is 13.5. The minimum atomic E-state index is -1.26. The lowest BCUT2D eigenvalue weighted by molar-refractivity contribution is -0.152. The molecular formula is C26H38Cl2N2O7Si. The molecule has 9 nitrogen and oxygen atoms in total. The average molecular weight is 590 g/mol. The molecule has 1 aromatic carbocycles. The molecule has 0 aromatic heterocycles. The molecule has 1 aromatic rings. The van der Waals surface area contributed by atoms with Crippen LogP contribution in [0.1, 0.15) is 32.3 Å². The summed E-state index contributed by atoms with van der Waals surface area (Å²) in [5.74, 6) is -2.44. The van der Waals surface area contributed by atoms with Gasteiger partial charge in [0.15, 0.2) is 6.79 Å². The normalized spacial score (nSPS) is 20.4. The minimum Gasteiger partial charge on any atom is -0.468 e. The van der Waals surface area contributed by atoms with Gasteiger partial charge in [-0.15, -0.1) is 0 Å². The highest BCUT2D eigenvalue weighted by Crippen LogP contribution is 2.46. The maximum absolute atomic E-state index is 13.5. The van der Waals surface area contributed by atoms with Crippen molar-refractivity contribution in [1.29, 1.82) is 0 Å². The Balaban J connectivity index is 1.79. The van der Waals surface area contributed by atoms with Gasteiger partial charge >= 0.3 is 12.1 Å². The van der Waals surface area contributed by atoms with Crippen LogP contribution in [0.15, 0.2) is 12.1 Å². The van der Waals surface area contributed by atoms with Gasteiger partial charge < -0.3 is 28.7 Å². The fraction of sp³-hybridized carbons (Fsp3) is 0.654. The first-order valence-electron chi connectivity index (χ1n) is 12.7. The second-order valence-electron chi connectivity index (χ2n) is 11.9. The highest BCUT2D eigenvalue weighted by atomic mass is 35.5. The molecule has 0 unspecified atom stereocenters. The monoisotopic (exact) mass is 588 g/mol. The van der Waals surface area contributed by atoms with Gasteiger partial charge in [0.1, 0.15) is 17.3 Å². The molecule has 0 bridgehead atoms. The van der Waals surface area contributed by atoms with Crippen molar-refractivity contribution in [3.8, 4) is 5.75 Å². The highest BCUT2D eigenvalue weighted by molar-refractivity contribution is 6.76. The van der Waals surface area contributed by atoms with E-state index in [1.54, 1.807) is 37.8 Å². The fourth-order valence-corrected chi connectivity index (χ4v) is 5.65. The Bertz CT molecular complexity index is 1050. The van der Waals surface area contributed by atoms with E-state index in [0.717, 1.165) is 6.04 Å². The number of likely N-dealkylation sites (tertiary alicyclic amines) is 2. The van der Waals surface area contributed by atoms with E-state index in [-0.39, 0.29) is 35.3 Å². The molecule has 2 heterocycles. The van der Waals surface area contributed by atoms with Gasteiger partial charge in [-0.3, -0.25) is 9.59 Å². The van der Waals surface area contributed by atoms with E-state index in [1.807, 2.05) is 0 Å². The van der Waals surface area contributed by atoms with Crippen LogP contribution in [-0.4, -0.2) is 87.6 Å². The summed E-state index contributed by atoms with van der Waals surface area (Å²) in [7, 11) is -0.0130. The molecule has 2 saturated heterocycles. The first kappa shape index (κ1) is 30.5. The molecule has 0 saturated carbocycles. The summed E-state index contributed by atoms with van der Waals surface area (Å²) in [5, 5.41) is 0.492. The van der Waals surface area contributed by atoms with Gasteiger partial charge in [-0.05, 0) is 38.9 Å². The molecule has 12 heteroatoms. The van der Waals surface area contributed by atoms with Crippen LogP contribution in [0.4, 0.5) is 4.79 Å². The molecule has 0 spiro atoms. The molecule has 2 atom stereocenters. The first-order valence-corrected chi connectivity index (χ1v) is 17.1. The third kappa shape index (κ3) is 7.34. The predicted octanol–water partition coefficient (Wildman–Crippen LogP) is 5.02. The molecule has 0 aliphatic carbocycles. The van der Waals surface area contributed by atoms with Gasteiger partial charge in [0.05, 0.1) is 23.2 Å². The van der Waals surface area contributed by atoms with E-state index in [0.29, 0.717) is 31.0 Å². The molecule has 0 N–H and O–H groups in total. The quantitative estimate of drug-likeness (QED) is 0.131. The third-order valence-electron chi connectivity index (χ3n) is 6.51. The number of carbonyl (C=O) groups excluding carboxylic acids is 3. The molecule has 2 amide bonds. The lowest BCUT2D eigenvalue weighted by Gasteiger charge is -2.44. The number of amides is 2. The van der Waals surface area contributed by atoms with Crippen LogP contribution in [0, 0.1) is 5.92 Å². The van der Waals surface area contributed by atoms with E-state index in [4.69, 9.17) is 42.1 Å². The Morgan fingerprint density at radius 3 is 2.34 bits per heavy atom. The number of hydrogen-bond donors (Lipinski definition) is 0. The maximum Gasteiger partial charge on any atom is 0.410 e. The van der Waals surface area contributed by atoms with Crippen molar-refractivity contribution < 1.29 is 33.3 Å². The smallest absolute Gasteiger partial charge is 0.410 e. The first-order chi connectivity index (χ1) is 17.6. The average Bonchev–Trinajstić information content (AvgIpc) is 3.08. The number of carbonyl (C=O) groups is 3. The fourth-order valence-electron chi connectivity index (χ4n) is 4.43. The predicted molar refractivity (Wildman–Crippen MR) is 148 cm³/mol. The van der Waals surface area contributed by atoms with Gasteiger partial charge in [0.2, 0.25) is 5.91 Å². The third-order valence-corrected chi connectivity index (χ3v) is 9.04. The summed E-state index contributed by atoms with van der Waals surface area (Å²) in [6.07, 6.45) is -0.441. The minimum absolute atomic E-state index is 0.00378. The lowest BCUT2D eigenvalue weighted by Crippen LogP contribution is -2.62. The second kappa shape index (κ2) is 12.0. The van der Waals surface area contributed by atoms with Gasteiger partial charge in [0.25, 0.3) is 0 Å². The second-order valence-corrected chi connectivity index (χ2v) is 18.3. The zero-order chi connectivity index (χ0) is 28.4. The number of halogens is 2. The van der Waals surface area contributed by atoms with Crippen molar-refractivity contribution >= 4 is 49.2 Å². The summed E-state index contributed by atoms with van der Waals surface area (Å²) < 4.78 is 22.0. The number of benzene rings is 1. The summed E-state index contributed by atoms with van der Waals surface area (Å²) in [6.45, 7) is 13.5. The molecule has 38 heavy (non-hydrogen) atoms. The van der Waals surface area contributed by atoms with Crippen LogP contribution in [0.2, 0.25) is 35.7 Å². The number of esters is 1. The van der Waals surface area contributed by atoms with Crippen molar-refractivity contribution in [3.05, 3.63) is 27.7 Å². The van der Waals surface area contributed by atoms with Crippen LogP contribution in [0.25, 0.3) is 0 Å². The Kier molecular flexibility index (Phi) is 9.66. The number of rotatable bonds is 9. The lowest BCUT2D eigenvalue weighted by atomic mass is 9.88. The van der Waals surface area contributed by atoms with Gasteiger partial charge in [0, 0.05) is 45.8 Å². The van der Waals surface area contributed by atoms with Gasteiger partial charge in [-0.2, -0.15) is 0 Å². The van der Waals surface area contributed by atoms with E-state index in [1.165, 1.54) is 12.0 Å². The summed E-state index contributed by atoms with van der Waals surface area (Å²) >= 11 is 13.0. The Labute approximate surface area is 235 Å². The number of methoxy groups -OCH3 is 1. The van der Waals surface area contributed by atoms with Crippen molar-refractivity contribution in [2.24, 2.45) is 5.92 Å². The topological polar surface area (TPSA) is 94.6 Å². The van der Waals surface area contributed by atoms with Crippen LogP contribution >= 0.6 is 23.2 Å². The van der Waals surface area contributed by atoms with E-state index in [9.17, 15) is 14.4 Å². The van der Waals surface area contributed by atoms with E-state index in [2.05, 4.69) is 19.6 Å². The molecule has 212 valence electrons. The van der Waals surface area contributed by atoms with Crippen molar-refractivity contribution in [2.45, 2.75) is 64.0 Å². The zero-order valence-electron chi connectivity index (χ0n) is 23.1. The van der Waals surface area contributed by atoms with E-state index >= 15 is 0 Å². The molecule has 2 aliphatic heterocycles. The number of nitrogens with zero attached hydrogens (tertiary/aromatic N) is 2. The zero-order valence-corrected chi connectivity index (χ0v) is 25.6. The van der Waals surface area contributed by atoms with Gasteiger partial charge in [-0.25, -0.2) is 4.79 Å². The van der Waals surface area contributed by atoms with Crippen LogP contribution in [0.3, 0.4) is 0 Å². The van der Waals surface area contributed by atoms with Crippen LogP contribution in [-0.2, 0) is 23.8 Å². The molecular weight excluding hydrogens is 551 g/mol. The van der Waals surface area contributed by atoms with Crippen molar-refractivity contribution in [1.82, 2.24) is 9.80 Å². The Morgan fingerprint density at radius 1 is 1.11 bits per heavy atom. The number of ether oxygens (including phenoxy) is 4. The van der Waals surface area contributed by atoms with E-state index < -0.39 is 37.6 Å². The standard InChI is InChI=1S/C26H38Cl2N2O7Si/c1-26(2,3)37-25(33)29-12-16(13-29)30-14-17(21(23(30)31)24(32)34-4)20-19(9-8-18(27)22(20)28)36-15-35-10-11-38(5,6)7/h8-9,16-17,21H,10-15H2,1-7H3/t17-,21-/m0/s1. The van der Waals surface area contributed by atoms with Gasteiger partial charge in [-0.1, -0.05) is 42.8 Å². The summed E-state index contributed by atoms with van der Waals surface area (Å²) in [4.78, 5) is 41.8. The Hall–Kier alpha value is -2.01. The van der Waals surface area contributed by atoms with Crippen molar-refractivity contribution in [3.63, 3.8) is 0 Å².